The number of carboxylic acid groups (broad SMARTS) is 1. The van der Waals surface area contributed by atoms with E-state index in [0.29, 0.717) is 6.54 Å². The standard InChI is InChI=1S/C11H19N3O4/c1-3-5-12-9(15)7-13-11(18)14(6-4-2)8-10(16)17/h4H,2-3,5-8H2,1H3,(H,12,15)(H,13,18)(H,16,17). The van der Waals surface area contributed by atoms with E-state index < -0.39 is 18.5 Å². The Balaban J connectivity index is 4.12. The second-order valence-corrected chi connectivity index (χ2v) is 3.57. The van der Waals surface area contributed by atoms with E-state index in [4.69, 9.17) is 5.11 Å². The highest BCUT2D eigenvalue weighted by Gasteiger charge is 2.15. The van der Waals surface area contributed by atoms with Crippen LogP contribution in [-0.4, -0.2) is 54.1 Å². The lowest BCUT2D eigenvalue weighted by molar-refractivity contribution is -0.137. The van der Waals surface area contributed by atoms with E-state index >= 15 is 0 Å². The first-order chi connectivity index (χ1) is 8.51. The smallest absolute Gasteiger partial charge is 0.323 e. The van der Waals surface area contributed by atoms with E-state index in [1.807, 2.05) is 6.92 Å². The van der Waals surface area contributed by atoms with Crippen molar-refractivity contribution in [2.45, 2.75) is 13.3 Å². The van der Waals surface area contributed by atoms with Crippen molar-refractivity contribution in [2.75, 3.05) is 26.2 Å². The monoisotopic (exact) mass is 257 g/mol. The van der Waals surface area contributed by atoms with Crippen LogP contribution in [0.15, 0.2) is 12.7 Å². The summed E-state index contributed by atoms with van der Waals surface area (Å²) in [5.74, 6) is -1.43. The van der Waals surface area contributed by atoms with Crippen molar-refractivity contribution in [2.24, 2.45) is 0 Å². The molecule has 7 nitrogen and oxygen atoms in total. The molecule has 0 heterocycles. The van der Waals surface area contributed by atoms with Gasteiger partial charge in [-0.3, -0.25) is 9.59 Å². The Kier molecular flexibility index (Phi) is 8.00. The van der Waals surface area contributed by atoms with Gasteiger partial charge < -0.3 is 20.6 Å². The van der Waals surface area contributed by atoms with Crippen LogP contribution in [0.25, 0.3) is 0 Å². The Morgan fingerprint density at radius 3 is 2.50 bits per heavy atom. The van der Waals surface area contributed by atoms with Crippen molar-refractivity contribution < 1.29 is 19.5 Å². The normalized spacial score (nSPS) is 9.39. The first-order valence-corrected chi connectivity index (χ1v) is 5.63. The molecule has 102 valence electrons. The predicted molar refractivity (Wildman–Crippen MR) is 66.1 cm³/mol. The molecular weight excluding hydrogens is 238 g/mol. The van der Waals surface area contributed by atoms with Gasteiger partial charge in [-0.1, -0.05) is 13.0 Å². The Bertz CT molecular complexity index is 317. The van der Waals surface area contributed by atoms with Crippen molar-refractivity contribution in [1.82, 2.24) is 15.5 Å². The summed E-state index contributed by atoms with van der Waals surface area (Å²) in [5, 5.41) is 13.6. The van der Waals surface area contributed by atoms with Crippen LogP contribution < -0.4 is 10.6 Å². The minimum absolute atomic E-state index is 0.106. The zero-order valence-corrected chi connectivity index (χ0v) is 10.4. The Labute approximate surface area is 106 Å². The van der Waals surface area contributed by atoms with Crippen molar-refractivity contribution in [3.63, 3.8) is 0 Å². The van der Waals surface area contributed by atoms with Crippen LogP contribution in [0, 0.1) is 0 Å². The molecule has 0 aromatic heterocycles. The summed E-state index contributed by atoms with van der Waals surface area (Å²) in [5.41, 5.74) is 0. The molecule has 0 aliphatic rings. The minimum atomic E-state index is -1.12. The number of hydrogen-bond acceptors (Lipinski definition) is 3. The van der Waals surface area contributed by atoms with Gasteiger partial charge in [0.15, 0.2) is 0 Å². The Hall–Kier alpha value is -2.05. The molecule has 7 heteroatoms. The number of aliphatic carboxylic acids is 1. The third-order valence-corrected chi connectivity index (χ3v) is 1.94. The molecule has 0 unspecified atom stereocenters. The molecule has 3 N–H and O–H groups in total. The highest BCUT2D eigenvalue weighted by atomic mass is 16.4. The Morgan fingerprint density at radius 2 is 2.00 bits per heavy atom. The van der Waals surface area contributed by atoms with E-state index in [-0.39, 0.29) is 19.0 Å². The largest absolute Gasteiger partial charge is 0.480 e. The van der Waals surface area contributed by atoms with Gasteiger partial charge in [-0.15, -0.1) is 6.58 Å². The van der Waals surface area contributed by atoms with Gasteiger partial charge in [0.25, 0.3) is 0 Å². The lowest BCUT2D eigenvalue weighted by Crippen LogP contribution is -2.46. The van der Waals surface area contributed by atoms with Crippen LogP contribution in [0.5, 0.6) is 0 Å². The quantitative estimate of drug-likeness (QED) is 0.524. The first kappa shape index (κ1) is 16.0. The highest BCUT2D eigenvalue weighted by molar-refractivity contribution is 5.85. The lowest BCUT2D eigenvalue weighted by atomic mass is 10.4. The summed E-state index contributed by atoms with van der Waals surface area (Å²) in [7, 11) is 0. The SMILES string of the molecule is C=CCN(CC(=O)O)C(=O)NCC(=O)NCCC. The number of nitrogens with zero attached hydrogens (tertiary/aromatic N) is 1. The number of rotatable bonds is 8. The third kappa shape index (κ3) is 7.26. The van der Waals surface area contributed by atoms with Gasteiger partial charge in [0.2, 0.25) is 5.91 Å². The molecule has 0 fully saturated rings. The van der Waals surface area contributed by atoms with E-state index in [9.17, 15) is 14.4 Å². The fourth-order valence-electron chi connectivity index (χ4n) is 1.13. The van der Waals surface area contributed by atoms with Gasteiger partial charge in [0.1, 0.15) is 6.54 Å². The predicted octanol–water partition coefficient (Wildman–Crippen LogP) is -0.205. The summed E-state index contributed by atoms with van der Waals surface area (Å²) in [6.45, 7) is 5.38. The van der Waals surface area contributed by atoms with Crippen LogP contribution in [0.3, 0.4) is 0 Å². The van der Waals surface area contributed by atoms with Gasteiger partial charge in [-0.05, 0) is 6.42 Å². The van der Waals surface area contributed by atoms with Gasteiger partial charge in [0, 0.05) is 13.1 Å². The van der Waals surface area contributed by atoms with Crippen LogP contribution in [0.2, 0.25) is 0 Å². The molecule has 0 aromatic carbocycles. The number of hydrogen-bond donors (Lipinski definition) is 3. The fourth-order valence-corrected chi connectivity index (χ4v) is 1.13. The second-order valence-electron chi connectivity index (χ2n) is 3.57. The molecule has 0 rings (SSSR count). The van der Waals surface area contributed by atoms with Gasteiger partial charge in [-0.2, -0.15) is 0 Å². The molecule has 18 heavy (non-hydrogen) atoms. The molecule has 0 aliphatic carbocycles. The van der Waals surface area contributed by atoms with Crippen LogP contribution >= 0.6 is 0 Å². The molecule has 0 saturated carbocycles. The molecule has 0 atom stereocenters. The minimum Gasteiger partial charge on any atom is -0.480 e. The summed E-state index contributed by atoms with van der Waals surface area (Å²) in [4.78, 5) is 34.4. The maximum Gasteiger partial charge on any atom is 0.323 e. The summed E-state index contributed by atoms with van der Waals surface area (Å²) in [6.07, 6.45) is 2.22. The molecular formula is C11H19N3O4. The number of carboxylic acids is 1. The summed E-state index contributed by atoms with van der Waals surface area (Å²) < 4.78 is 0. The molecule has 3 amide bonds. The van der Waals surface area contributed by atoms with E-state index in [1.165, 1.54) is 6.08 Å². The Morgan fingerprint density at radius 1 is 1.33 bits per heavy atom. The molecule has 0 aliphatic heterocycles. The molecule has 0 spiro atoms. The van der Waals surface area contributed by atoms with Crippen molar-refractivity contribution in [3.8, 4) is 0 Å². The van der Waals surface area contributed by atoms with Crippen molar-refractivity contribution in [3.05, 3.63) is 12.7 Å². The number of amides is 3. The summed E-state index contributed by atoms with van der Waals surface area (Å²) >= 11 is 0. The van der Waals surface area contributed by atoms with E-state index in [2.05, 4.69) is 17.2 Å². The molecule has 0 saturated heterocycles. The number of nitrogens with one attached hydrogen (secondary N) is 2. The zero-order valence-electron chi connectivity index (χ0n) is 10.4. The maximum absolute atomic E-state index is 11.6. The molecule has 0 radical (unpaired) electrons. The van der Waals surface area contributed by atoms with Crippen LogP contribution in [0.1, 0.15) is 13.3 Å². The molecule has 0 aromatic rings. The van der Waals surface area contributed by atoms with Crippen LogP contribution in [0.4, 0.5) is 4.79 Å². The van der Waals surface area contributed by atoms with E-state index in [1.54, 1.807) is 0 Å². The van der Waals surface area contributed by atoms with Crippen molar-refractivity contribution in [1.29, 1.82) is 0 Å². The number of carbonyl (C=O) groups is 3. The van der Waals surface area contributed by atoms with Gasteiger partial charge in [-0.25, -0.2) is 4.79 Å². The first-order valence-electron chi connectivity index (χ1n) is 5.63. The van der Waals surface area contributed by atoms with Crippen LogP contribution in [-0.2, 0) is 9.59 Å². The molecule has 0 bridgehead atoms. The van der Waals surface area contributed by atoms with E-state index in [0.717, 1.165) is 11.3 Å². The lowest BCUT2D eigenvalue weighted by Gasteiger charge is -2.19. The number of carbonyl (C=O) groups excluding carboxylic acids is 2. The average Bonchev–Trinajstić information content (AvgIpc) is 2.32. The second kappa shape index (κ2) is 9.03. The highest BCUT2D eigenvalue weighted by Crippen LogP contribution is 1.90. The number of urea groups is 1. The average molecular weight is 257 g/mol. The summed E-state index contributed by atoms with van der Waals surface area (Å²) in [6, 6.07) is -0.607. The third-order valence-electron chi connectivity index (χ3n) is 1.94. The topological polar surface area (TPSA) is 98.7 Å². The zero-order chi connectivity index (χ0) is 14.0. The fraction of sp³-hybridized carbons (Fsp3) is 0.545. The van der Waals surface area contributed by atoms with Crippen molar-refractivity contribution >= 4 is 17.9 Å². The van der Waals surface area contributed by atoms with Gasteiger partial charge >= 0.3 is 12.0 Å². The van der Waals surface area contributed by atoms with Gasteiger partial charge in [0.05, 0.1) is 6.54 Å². The maximum atomic E-state index is 11.6.